The van der Waals surface area contributed by atoms with E-state index in [2.05, 4.69) is 43.2 Å². The third-order valence-electron chi connectivity index (χ3n) is 5.78. The van der Waals surface area contributed by atoms with Crippen LogP contribution in [0, 0.1) is 11.7 Å². The summed E-state index contributed by atoms with van der Waals surface area (Å²) in [5.41, 5.74) is -0.0353. The van der Waals surface area contributed by atoms with Gasteiger partial charge in [-0.15, -0.1) is 0 Å². The van der Waals surface area contributed by atoms with Gasteiger partial charge < -0.3 is 35.0 Å². The average Bonchev–Trinajstić information content (AvgIpc) is 2.83. The van der Waals surface area contributed by atoms with Crippen LogP contribution >= 0.6 is 15.9 Å². The third-order valence-corrected chi connectivity index (χ3v) is 6.53. The van der Waals surface area contributed by atoms with Gasteiger partial charge in [0, 0.05) is 11.5 Å². The molecular formula is C22H24BrFN4O5. The summed E-state index contributed by atoms with van der Waals surface area (Å²) in [7, 11) is 3.62. The number of nitrogens with one attached hydrogen (secondary N) is 1. The predicted octanol–water partition coefficient (Wildman–Crippen LogP) is 4.12. The molecule has 3 aromatic rings. The zero-order valence-corrected chi connectivity index (χ0v) is 19.7. The number of methoxy groups -OCH3 is 1. The Morgan fingerprint density at radius 2 is 1.85 bits per heavy atom. The van der Waals surface area contributed by atoms with E-state index in [1.54, 1.807) is 12.1 Å². The van der Waals surface area contributed by atoms with Crippen LogP contribution in [-0.4, -0.2) is 64.0 Å². The number of aromatic nitrogens is 2. The largest absolute Gasteiger partial charge is 0.504 e. The summed E-state index contributed by atoms with van der Waals surface area (Å²) in [6.07, 6.45) is 3.39. The molecule has 9 nitrogen and oxygen atoms in total. The van der Waals surface area contributed by atoms with Crippen LogP contribution in [0.25, 0.3) is 10.9 Å². The maximum Gasteiger partial charge on any atom is 0.193 e. The van der Waals surface area contributed by atoms with Crippen LogP contribution in [0.5, 0.6) is 28.7 Å². The minimum absolute atomic E-state index is 0.135. The number of fused-ring (bicyclic) bond motifs is 1. The lowest BCUT2D eigenvalue weighted by Crippen LogP contribution is -2.32. The average molecular weight is 523 g/mol. The summed E-state index contributed by atoms with van der Waals surface area (Å²) in [5, 5.41) is 33.1. The fourth-order valence-electron chi connectivity index (χ4n) is 3.76. The van der Waals surface area contributed by atoms with Crippen LogP contribution in [0.1, 0.15) is 12.8 Å². The molecule has 0 unspecified atom stereocenters. The standard InChI is InChI=1S/C22H24BrFN4O5/c1-28-5-3-11(4-6-28)9-33-15-8-13-12(7-14(15)32-2)22(26-10-25-13)27-18-17(24)19(29)16(23)20(30)21(18)31/h7-8,10-11,29-31H,3-6,9H2,1-2H3,(H,25,26,27). The first-order valence-electron chi connectivity index (χ1n) is 10.3. The van der Waals surface area contributed by atoms with Gasteiger partial charge in [-0.3, -0.25) is 0 Å². The lowest BCUT2D eigenvalue weighted by Gasteiger charge is -2.28. The third kappa shape index (κ3) is 4.55. The van der Waals surface area contributed by atoms with Crippen molar-refractivity contribution >= 4 is 38.3 Å². The van der Waals surface area contributed by atoms with Gasteiger partial charge in [0.05, 0.1) is 19.2 Å². The van der Waals surface area contributed by atoms with Gasteiger partial charge in [-0.2, -0.15) is 0 Å². The van der Waals surface area contributed by atoms with E-state index >= 15 is 0 Å². The van der Waals surface area contributed by atoms with Gasteiger partial charge in [0.2, 0.25) is 0 Å². The Balaban J connectivity index is 1.65. The van der Waals surface area contributed by atoms with Gasteiger partial charge in [-0.05, 0) is 60.9 Å². The van der Waals surface area contributed by atoms with E-state index in [-0.39, 0.29) is 10.3 Å². The molecule has 2 aromatic carbocycles. The molecule has 0 saturated carbocycles. The lowest BCUT2D eigenvalue weighted by molar-refractivity contribution is 0.157. The zero-order valence-electron chi connectivity index (χ0n) is 18.1. The molecule has 0 radical (unpaired) electrons. The zero-order chi connectivity index (χ0) is 23.7. The van der Waals surface area contributed by atoms with Gasteiger partial charge in [-0.25, -0.2) is 14.4 Å². The van der Waals surface area contributed by atoms with Crippen molar-refractivity contribution < 1.29 is 29.2 Å². The summed E-state index contributed by atoms with van der Waals surface area (Å²) in [5.74, 6) is -1.95. The first kappa shape index (κ1) is 23.1. The second-order valence-corrected chi connectivity index (χ2v) is 8.77. The molecule has 1 fully saturated rings. The van der Waals surface area contributed by atoms with Crippen LogP contribution in [0.15, 0.2) is 22.9 Å². The Kier molecular flexibility index (Phi) is 6.61. The fourth-order valence-corrected chi connectivity index (χ4v) is 4.12. The molecule has 4 rings (SSSR count). The molecule has 33 heavy (non-hydrogen) atoms. The van der Waals surface area contributed by atoms with E-state index < -0.39 is 28.8 Å². The minimum Gasteiger partial charge on any atom is -0.504 e. The van der Waals surface area contributed by atoms with Crippen molar-refractivity contribution in [2.24, 2.45) is 5.92 Å². The van der Waals surface area contributed by atoms with Crippen LogP contribution in [-0.2, 0) is 0 Å². The molecule has 1 aliphatic heterocycles. The number of rotatable bonds is 6. The van der Waals surface area contributed by atoms with Crippen molar-refractivity contribution in [3.63, 3.8) is 0 Å². The molecule has 1 saturated heterocycles. The van der Waals surface area contributed by atoms with E-state index in [1.807, 2.05) is 0 Å². The van der Waals surface area contributed by atoms with Crippen molar-refractivity contribution in [2.75, 3.05) is 39.2 Å². The molecule has 176 valence electrons. The number of halogens is 2. The maximum atomic E-state index is 14.6. The van der Waals surface area contributed by atoms with Gasteiger partial charge in [0.1, 0.15) is 22.3 Å². The van der Waals surface area contributed by atoms with Gasteiger partial charge in [0.15, 0.2) is 34.6 Å². The molecule has 11 heteroatoms. The van der Waals surface area contributed by atoms with E-state index in [0.29, 0.717) is 34.9 Å². The number of aromatic hydroxyl groups is 3. The molecule has 0 spiro atoms. The van der Waals surface area contributed by atoms with Crippen molar-refractivity contribution in [2.45, 2.75) is 12.8 Å². The molecule has 0 amide bonds. The van der Waals surface area contributed by atoms with Crippen LogP contribution in [0.3, 0.4) is 0 Å². The number of phenolic OH excluding ortho intramolecular Hbond substituents is 3. The lowest BCUT2D eigenvalue weighted by atomic mass is 9.98. The Hall–Kier alpha value is -3.05. The molecule has 2 heterocycles. The van der Waals surface area contributed by atoms with Crippen LogP contribution < -0.4 is 14.8 Å². The summed E-state index contributed by atoms with van der Waals surface area (Å²) in [6, 6.07) is 3.36. The highest BCUT2D eigenvalue weighted by molar-refractivity contribution is 9.10. The van der Waals surface area contributed by atoms with E-state index in [0.717, 1.165) is 25.9 Å². The van der Waals surface area contributed by atoms with Crippen molar-refractivity contribution in [1.82, 2.24) is 14.9 Å². The molecule has 1 aliphatic rings. The maximum absolute atomic E-state index is 14.6. The van der Waals surface area contributed by atoms with E-state index in [9.17, 15) is 19.7 Å². The number of hydrogen-bond acceptors (Lipinski definition) is 9. The van der Waals surface area contributed by atoms with Crippen LogP contribution in [0.4, 0.5) is 15.9 Å². The highest BCUT2D eigenvalue weighted by Gasteiger charge is 2.24. The predicted molar refractivity (Wildman–Crippen MR) is 124 cm³/mol. The van der Waals surface area contributed by atoms with Crippen molar-refractivity contribution in [1.29, 1.82) is 0 Å². The smallest absolute Gasteiger partial charge is 0.193 e. The van der Waals surface area contributed by atoms with Gasteiger partial charge >= 0.3 is 0 Å². The fraction of sp³-hybridized carbons (Fsp3) is 0.364. The Morgan fingerprint density at radius 1 is 1.12 bits per heavy atom. The molecule has 4 N–H and O–H groups in total. The summed E-state index contributed by atoms with van der Waals surface area (Å²) >= 11 is 2.83. The van der Waals surface area contributed by atoms with Crippen molar-refractivity contribution in [3.8, 4) is 28.7 Å². The summed E-state index contributed by atoms with van der Waals surface area (Å²) in [4.78, 5) is 10.7. The summed E-state index contributed by atoms with van der Waals surface area (Å²) in [6.45, 7) is 2.63. The number of hydrogen-bond donors (Lipinski definition) is 4. The second-order valence-electron chi connectivity index (χ2n) is 7.97. The Bertz CT molecular complexity index is 1160. The number of nitrogens with zero attached hydrogens (tertiary/aromatic N) is 3. The first-order chi connectivity index (χ1) is 15.8. The number of phenols is 3. The van der Waals surface area contributed by atoms with Crippen LogP contribution in [0.2, 0.25) is 0 Å². The molecule has 0 bridgehead atoms. The van der Waals surface area contributed by atoms with Crippen molar-refractivity contribution in [3.05, 3.63) is 28.7 Å². The highest BCUT2D eigenvalue weighted by atomic mass is 79.9. The normalized spacial score (nSPS) is 15.0. The summed E-state index contributed by atoms with van der Waals surface area (Å²) < 4.78 is 25.8. The highest BCUT2D eigenvalue weighted by Crippen LogP contribution is 2.48. The van der Waals surface area contributed by atoms with Gasteiger partial charge in [0.25, 0.3) is 0 Å². The number of ether oxygens (including phenoxy) is 2. The number of likely N-dealkylation sites (tertiary alicyclic amines) is 1. The molecular weight excluding hydrogens is 499 g/mol. The monoisotopic (exact) mass is 522 g/mol. The number of benzene rings is 2. The second kappa shape index (κ2) is 9.44. The molecule has 0 atom stereocenters. The SMILES string of the molecule is COc1cc2c(Nc3c(O)c(O)c(Br)c(O)c3F)ncnc2cc1OCC1CCN(C)CC1. The Morgan fingerprint density at radius 3 is 2.55 bits per heavy atom. The van der Waals surface area contributed by atoms with E-state index in [1.165, 1.54) is 13.4 Å². The quantitative estimate of drug-likeness (QED) is 0.279. The first-order valence-corrected chi connectivity index (χ1v) is 11.1. The topological polar surface area (TPSA) is 120 Å². The minimum atomic E-state index is -1.16. The number of anilines is 2. The van der Waals surface area contributed by atoms with E-state index in [4.69, 9.17) is 9.47 Å². The molecule has 1 aromatic heterocycles. The Labute approximate surface area is 197 Å². The molecule has 0 aliphatic carbocycles. The number of piperidine rings is 1. The van der Waals surface area contributed by atoms with Gasteiger partial charge in [-0.1, -0.05) is 0 Å².